The molecule has 0 unspecified atom stereocenters. The molecular weight excluding hydrogens is 158 g/mol. The number of carbonyl (C=O) groups excluding carboxylic acids is 1. The minimum atomic E-state index is -0.470. The zero-order valence-electron chi connectivity index (χ0n) is 8.14. The molecule has 0 aliphatic heterocycles. The Morgan fingerprint density at radius 3 is 2.50 bits per heavy atom. The highest BCUT2D eigenvalue weighted by Gasteiger charge is 2.14. The Labute approximate surface area is 73.2 Å². The van der Waals surface area contributed by atoms with Crippen molar-refractivity contribution in [3.63, 3.8) is 0 Å². The molecule has 12 heavy (non-hydrogen) atoms. The third kappa shape index (κ3) is 4.96. The fraction of sp³-hybridized carbons (Fsp3) is 0.875. The summed E-state index contributed by atoms with van der Waals surface area (Å²) in [7, 11) is 1.32. The first kappa shape index (κ1) is 11.2. The van der Waals surface area contributed by atoms with Crippen molar-refractivity contribution >= 4 is 6.09 Å². The van der Waals surface area contributed by atoms with Crippen LogP contribution in [0, 0.1) is 0 Å². The predicted octanol–water partition coefficient (Wildman–Crippen LogP) is 1.51. The van der Waals surface area contributed by atoms with Crippen molar-refractivity contribution in [2.75, 3.05) is 13.8 Å². The number of carbonyl (C=O) groups is 1. The molecular formula is C8H17NO3. The van der Waals surface area contributed by atoms with E-state index in [4.69, 9.17) is 4.74 Å². The summed E-state index contributed by atoms with van der Waals surface area (Å²) in [4.78, 5) is 10.6. The van der Waals surface area contributed by atoms with Gasteiger partial charge in [-0.15, -0.1) is 0 Å². The Kier molecular flexibility index (Phi) is 4.66. The van der Waals surface area contributed by atoms with Crippen LogP contribution in [0.5, 0.6) is 0 Å². The molecule has 1 amide bonds. The summed E-state index contributed by atoms with van der Waals surface area (Å²) < 4.78 is 9.71. The van der Waals surface area contributed by atoms with Crippen LogP contribution >= 0.6 is 0 Å². The maximum atomic E-state index is 10.6. The molecule has 72 valence electrons. The summed E-state index contributed by atoms with van der Waals surface area (Å²) in [5, 5.41) is 2.44. The van der Waals surface area contributed by atoms with E-state index in [2.05, 4.69) is 10.1 Å². The fourth-order valence-corrected chi connectivity index (χ4v) is 0.465. The minimum Gasteiger partial charge on any atom is -0.453 e. The van der Waals surface area contributed by atoms with Gasteiger partial charge in [0.2, 0.25) is 0 Å². The van der Waals surface area contributed by atoms with Crippen molar-refractivity contribution in [1.29, 1.82) is 0 Å². The second-order valence-electron chi connectivity index (χ2n) is 3.07. The number of hydrogen-bond donors (Lipinski definition) is 1. The molecule has 0 saturated heterocycles. The van der Waals surface area contributed by atoms with Gasteiger partial charge in [0.25, 0.3) is 0 Å². The Morgan fingerprint density at radius 2 is 2.08 bits per heavy atom. The second-order valence-corrected chi connectivity index (χ2v) is 3.07. The molecule has 0 rings (SSSR count). The summed E-state index contributed by atoms with van der Waals surface area (Å²) in [6.07, 6.45) is 0.428. The van der Waals surface area contributed by atoms with Crippen molar-refractivity contribution in [3.05, 3.63) is 0 Å². The van der Waals surface area contributed by atoms with Crippen molar-refractivity contribution in [2.24, 2.45) is 0 Å². The van der Waals surface area contributed by atoms with Crippen molar-refractivity contribution in [1.82, 2.24) is 5.32 Å². The number of amides is 1. The minimum absolute atomic E-state index is 0.188. The molecule has 0 fully saturated rings. The lowest BCUT2D eigenvalue weighted by Gasteiger charge is -2.23. The Bertz CT molecular complexity index is 145. The van der Waals surface area contributed by atoms with Crippen LogP contribution in [-0.2, 0) is 9.47 Å². The topological polar surface area (TPSA) is 47.6 Å². The average molecular weight is 175 g/mol. The smallest absolute Gasteiger partial charge is 0.408 e. The summed E-state index contributed by atoms with van der Waals surface area (Å²) >= 11 is 0. The highest BCUT2D eigenvalue weighted by Crippen LogP contribution is 2.11. The maximum Gasteiger partial charge on any atom is 0.408 e. The first-order valence-corrected chi connectivity index (χ1v) is 3.97. The van der Waals surface area contributed by atoms with Gasteiger partial charge in [0.1, 0.15) is 6.73 Å². The second kappa shape index (κ2) is 4.98. The van der Waals surface area contributed by atoms with Crippen LogP contribution in [0.3, 0.4) is 0 Å². The molecule has 0 aromatic rings. The van der Waals surface area contributed by atoms with Crippen LogP contribution in [0.25, 0.3) is 0 Å². The van der Waals surface area contributed by atoms with Gasteiger partial charge in [-0.25, -0.2) is 4.79 Å². The van der Waals surface area contributed by atoms with E-state index in [0.717, 1.165) is 6.42 Å². The van der Waals surface area contributed by atoms with Crippen molar-refractivity contribution in [3.8, 4) is 0 Å². The summed E-state index contributed by atoms with van der Waals surface area (Å²) in [6.45, 7) is 6.14. The quantitative estimate of drug-likeness (QED) is 0.659. The van der Waals surface area contributed by atoms with E-state index in [1.165, 1.54) is 7.11 Å². The Morgan fingerprint density at radius 1 is 1.50 bits per heavy atom. The van der Waals surface area contributed by atoms with Crippen LogP contribution in [0.4, 0.5) is 4.79 Å². The highest BCUT2D eigenvalue weighted by molar-refractivity contribution is 5.66. The molecule has 0 atom stereocenters. The molecule has 4 nitrogen and oxygen atoms in total. The molecule has 0 aromatic heterocycles. The summed E-state index contributed by atoms with van der Waals surface area (Å²) in [6, 6.07) is 0. The van der Waals surface area contributed by atoms with E-state index in [1.54, 1.807) is 0 Å². The molecule has 1 N–H and O–H groups in total. The van der Waals surface area contributed by atoms with Gasteiger partial charge >= 0.3 is 6.09 Å². The third-order valence-corrected chi connectivity index (χ3v) is 1.72. The van der Waals surface area contributed by atoms with E-state index < -0.39 is 6.09 Å². The van der Waals surface area contributed by atoms with Crippen LogP contribution in [-0.4, -0.2) is 25.5 Å². The zero-order chi connectivity index (χ0) is 9.61. The number of nitrogens with one attached hydrogen (secondary N) is 1. The molecule has 0 aliphatic carbocycles. The van der Waals surface area contributed by atoms with Gasteiger partial charge in [-0.3, -0.25) is 5.32 Å². The summed E-state index contributed by atoms with van der Waals surface area (Å²) in [5.41, 5.74) is -0.193. The molecule has 0 aliphatic rings. The van der Waals surface area contributed by atoms with Gasteiger partial charge < -0.3 is 9.47 Å². The number of hydrogen-bond acceptors (Lipinski definition) is 3. The van der Waals surface area contributed by atoms with E-state index in [9.17, 15) is 4.79 Å². The molecule has 0 saturated carbocycles. The zero-order valence-corrected chi connectivity index (χ0v) is 8.14. The largest absolute Gasteiger partial charge is 0.453 e. The monoisotopic (exact) mass is 175 g/mol. The Hall–Kier alpha value is -0.770. The molecule has 4 heteroatoms. The molecule has 0 radical (unpaired) electrons. The molecule has 0 heterocycles. The van der Waals surface area contributed by atoms with E-state index in [0.29, 0.717) is 0 Å². The van der Waals surface area contributed by atoms with Crippen molar-refractivity contribution in [2.45, 2.75) is 32.8 Å². The lowest BCUT2D eigenvalue weighted by Crippen LogP contribution is -2.33. The first-order chi connectivity index (χ1) is 5.52. The van der Waals surface area contributed by atoms with Gasteiger partial charge in [-0.05, 0) is 20.3 Å². The highest BCUT2D eigenvalue weighted by atomic mass is 16.6. The van der Waals surface area contributed by atoms with Crippen LogP contribution in [0.15, 0.2) is 0 Å². The Balaban J connectivity index is 3.49. The molecule has 0 spiro atoms. The lowest BCUT2D eigenvalue weighted by atomic mass is 10.1. The van der Waals surface area contributed by atoms with Gasteiger partial charge in [-0.2, -0.15) is 0 Å². The van der Waals surface area contributed by atoms with Gasteiger partial charge in [0.15, 0.2) is 0 Å². The standard InChI is InChI=1S/C8H17NO3/c1-5-8(2,3)12-6-9-7(10)11-4/h5-6H2,1-4H3,(H,9,10). The van der Waals surface area contributed by atoms with E-state index in [1.807, 2.05) is 20.8 Å². The van der Waals surface area contributed by atoms with Gasteiger partial charge in [0, 0.05) is 0 Å². The number of alkyl carbamates (subject to hydrolysis) is 1. The average Bonchev–Trinajstić information content (AvgIpc) is 2.04. The number of methoxy groups -OCH3 is 1. The van der Waals surface area contributed by atoms with E-state index >= 15 is 0 Å². The lowest BCUT2D eigenvalue weighted by molar-refractivity contribution is -0.0279. The molecule has 0 bridgehead atoms. The van der Waals surface area contributed by atoms with E-state index in [-0.39, 0.29) is 12.3 Å². The number of ether oxygens (including phenoxy) is 2. The maximum absolute atomic E-state index is 10.6. The van der Waals surface area contributed by atoms with Gasteiger partial charge in [-0.1, -0.05) is 6.92 Å². The van der Waals surface area contributed by atoms with Crippen LogP contribution < -0.4 is 5.32 Å². The van der Waals surface area contributed by atoms with Crippen LogP contribution in [0.1, 0.15) is 27.2 Å². The normalized spacial score (nSPS) is 11.0. The fourth-order valence-electron chi connectivity index (χ4n) is 0.465. The molecule has 0 aromatic carbocycles. The van der Waals surface area contributed by atoms with Crippen molar-refractivity contribution < 1.29 is 14.3 Å². The number of rotatable bonds is 4. The van der Waals surface area contributed by atoms with Crippen LogP contribution in [0.2, 0.25) is 0 Å². The predicted molar refractivity (Wildman–Crippen MR) is 45.9 cm³/mol. The van der Waals surface area contributed by atoms with Gasteiger partial charge in [0.05, 0.1) is 12.7 Å². The first-order valence-electron chi connectivity index (χ1n) is 3.97. The third-order valence-electron chi connectivity index (χ3n) is 1.72. The SMILES string of the molecule is CCC(C)(C)OCNC(=O)OC. The summed E-state index contributed by atoms with van der Waals surface area (Å²) in [5.74, 6) is 0.